The zero-order valence-electron chi connectivity index (χ0n) is 16.1. The summed E-state index contributed by atoms with van der Waals surface area (Å²) in [7, 11) is 2.00. The normalized spacial score (nSPS) is 19.1. The number of aromatic nitrogens is 1. The number of esters is 1. The van der Waals surface area contributed by atoms with Crippen LogP contribution in [0.2, 0.25) is 0 Å². The van der Waals surface area contributed by atoms with E-state index in [0.717, 1.165) is 19.2 Å². The number of likely N-dealkylation sites (N-methyl/N-ethyl adjacent to an activating group) is 1. The molecule has 0 radical (unpaired) electrons. The SMILES string of the molecule is C[C@H]1COc2c(N3CCN(C)CC3)c(F)cc3c(=O)c(C(=O)OC(N)=O)cn1c23. The summed E-state index contributed by atoms with van der Waals surface area (Å²) in [6.45, 7) is 4.88. The van der Waals surface area contributed by atoms with E-state index in [1.165, 1.54) is 6.20 Å². The molecule has 2 aromatic rings. The van der Waals surface area contributed by atoms with Gasteiger partial charge in [0.15, 0.2) is 11.6 Å². The summed E-state index contributed by atoms with van der Waals surface area (Å²) < 4.78 is 27.1. The number of hydrogen-bond acceptors (Lipinski definition) is 7. The minimum absolute atomic E-state index is 0.0131. The lowest BCUT2D eigenvalue weighted by atomic mass is 10.1. The van der Waals surface area contributed by atoms with E-state index in [0.29, 0.717) is 24.3 Å². The number of piperazine rings is 1. The van der Waals surface area contributed by atoms with Crippen LogP contribution in [-0.2, 0) is 4.74 Å². The number of anilines is 1. The predicted molar refractivity (Wildman–Crippen MR) is 103 cm³/mol. The number of hydrogen-bond donors (Lipinski definition) is 1. The molecule has 4 rings (SSSR count). The Morgan fingerprint density at radius 2 is 1.97 bits per heavy atom. The van der Waals surface area contributed by atoms with Gasteiger partial charge in [-0.2, -0.15) is 0 Å². The molecular weight excluding hydrogens is 383 g/mol. The minimum Gasteiger partial charge on any atom is -0.487 e. The molecule has 0 spiro atoms. The van der Waals surface area contributed by atoms with Gasteiger partial charge in [-0.05, 0) is 20.0 Å². The summed E-state index contributed by atoms with van der Waals surface area (Å²) in [6, 6.07) is 0.893. The standard InChI is InChI=1S/C19H21FN4O5/c1-10-9-28-17-14-11(7-13(20)15(17)23-5-3-22(2)4-6-23)16(25)12(8-24(10)14)18(26)29-19(21)27/h7-8,10H,3-6,9H2,1-2H3,(H2,21,27)/t10-/m0/s1. The van der Waals surface area contributed by atoms with Crippen LogP contribution in [0.4, 0.5) is 14.9 Å². The number of pyridine rings is 1. The Labute approximate surface area is 165 Å². The Hall–Kier alpha value is -3.14. The summed E-state index contributed by atoms with van der Waals surface area (Å²) in [6.07, 6.45) is -0.0000205. The second-order valence-corrected chi connectivity index (χ2v) is 7.37. The van der Waals surface area contributed by atoms with Crippen molar-refractivity contribution in [1.82, 2.24) is 9.47 Å². The van der Waals surface area contributed by atoms with Gasteiger partial charge in [0.05, 0.1) is 16.9 Å². The van der Waals surface area contributed by atoms with Gasteiger partial charge in [0.2, 0.25) is 5.43 Å². The van der Waals surface area contributed by atoms with Crippen molar-refractivity contribution in [2.45, 2.75) is 13.0 Å². The number of primary amides is 1. The highest BCUT2D eigenvalue weighted by atomic mass is 19.1. The van der Waals surface area contributed by atoms with Gasteiger partial charge in [-0.3, -0.25) is 4.79 Å². The number of ether oxygens (including phenoxy) is 2. The molecule has 2 N–H and O–H groups in total. The quantitative estimate of drug-likeness (QED) is 0.590. The third kappa shape index (κ3) is 3.19. The molecule has 2 aliphatic rings. The zero-order chi connectivity index (χ0) is 20.9. The number of nitrogens with two attached hydrogens (primary N) is 1. The molecule has 1 aromatic heterocycles. The zero-order valence-corrected chi connectivity index (χ0v) is 16.1. The molecule has 1 aromatic carbocycles. The first-order valence-electron chi connectivity index (χ1n) is 9.27. The van der Waals surface area contributed by atoms with Gasteiger partial charge in [0.25, 0.3) is 0 Å². The molecule has 9 nitrogen and oxygen atoms in total. The van der Waals surface area contributed by atoms with Crippen molar-refractivity contribution >= 4 is 28.7 Å². The van der Waals surface area contributed by atoms with E-state index >= 15 is 4.39 Å². The summed E-state index contributed by atoms with van der Waals surface area (Å²) >= 11 is 0. The van der Waals surface area contributed by atoms with Crippen molar-refractivity contribution in [3.8, 4) is 5.75 Å². The van der Waals surface area contributed by atoms with E-state index in [4.69, 9.17) is 10.5 Å². The highest BCUT2D eigenvalue weighted by Gasteiger charge is 2.31. The molecule has 1 saturated heterocycles. The molecule has 0 saturated carbocycles. The molecule has 10 heteroatoms. The first-order valence-corrected chi connectivity index (χ1v) is 9.27. The lowest BCUT2D eigenvalue weighted by Crippen LogP contribution is -2.45. The van der Waals surface area contributed by atoms with Gasteiger partial charge in [0.1, 0.15) is 17.9 Å². The molecular formula is C19H21FN4O5. The topological polar surface area (TPSA) is 107 Å². The Balaban J connectivity index is 1.94. The number of carbonyl (C=O) groups excluding carboxylic acids is 2. The molecule has 0 aliphatic carbocycles. The third-order valence-electron chi connectivity index (χ3n) is 5.37. The predicted octanol–water partition coefficient (Wildman–Crippen LogP) is 1.08. The lowest BCUT2D eigenvalue weighted by Gasteiger charge is -2.37. The molecule has 154 valence electrons. The number of amides is 1. The van der Waals surface area contributed by atoms with Crippen molar-refractivity contribution in [2.24, 2.45) is 5.73 Å². The van der Waals surface area contributed by atoms with Gasteiger partial charge in [0, 0.05) is 32.4 Å². The van der Waals surface area contributed by atoms with E-state index in [9.17, 15) is 14.4 Å². The smallest absolute Gasteiger partial charge is 0.412 e. The number of carbonyl (C=O) groups is 2. The van der Waals surface area contributed by atoms with E-state index in [1.807, 2.05) is 18.9 Å². The summed E-state index contributed by atoms with van der Waals surface area (Å²) in [4.78, 5) is 40.0. The van der Waals surface area contributed by atoms with Crippen LogP contribution in [0.3, 0.4) is 0 Å². The van der Waals surface area contributed by atoms with Gasteiger partial charge in [-0.1, -0.05) is 0 Å². The maximum Gasteiger partial charge on any atom is 0.412 e. The van der Waals surface area contributed by atoms with Gasteiger partial charge in [-0.15, -0.1) is 0 Å². The van der Waals surface area contributed by atoms with Crippen LogP contribution in [0, 0.1) is 5.82 Å². The Bertz CT molecular complexity index is 1070. The average Bonchev–Trinajstić information content (AvgIpc) is 2.66. The van der Waals surface area contributed by atoms with Crippen molar-refractivity contribution in [3.05, 3.63) is 33.9 Å². The van der Waals surface area contributed by atoms with Crippen LogP contribution in [0.25, 0.3) is 10.9 Å². The Morgan fingerprint density at radius 1 is 1.28 bits per heavy atom. The minimum atomic E-state index is -1.32. The van der Waals surface area contributed by atoms with Gasteiger partial charge in [-0.25, -0.2) is 14.0 Å². The largest absolute Gasteiger partial charge is 0.487 e. The summed E-state index contributed by atoms with van der Waals surface area (Å²) in [5.74, 6) is -1.48. The fraction of sp³-hybridized carbons (Fsp3) is 0.421. The summed E-state index contributed by atoms with van der Waals surface area (Å²) in [5.41, 5.74) is 4.49. The fourth-order valence-electron chi connectivity index (χ4n) is 3.83. The van der Waals surface area contributed by atoms with Crippen molar-refractivity contribution in [2.75, 3.05) is 44.7 Å². The van der Waals surface area contributed by atoms with Crippen LogP contribution in [0.5, 0.6) is 5.75 Å². The monoisotopic (exact) mass is 404 g/mol. The lowest BCUT2D eigenvalue weighted by molar-refractivity contribution is 0.0636. The van der Waals surface area contributed by atoms with Gasteiger partial charge >= 0.3 is 12.1 Å². The van der Waals surface area contributed by atoms with E-state index in [-0.39, 0.29) is 29.3 Å². The Morgan fingerprint density at radius 3 is 2.62 bits per heavy atom. The maximum atomic E-state index is 15.2. The van der Waals surface area contributed by atoms with E-state index in [2.05, 4.69) is 9.64 Å². The number of benzene rings is 1. The fourth-order valence-corrected chi connectivity index (χ4v) is 3.83. The van der Waals surface area contributed by atoms with Crippen LogP contribution in [0.1, 0.15) is 23.3 Å². The molecule has 1 fully saturated rings. The maximum absolute atomic E-state index is 15.2. The van der Waals surface area contributed by atoms with Crippen molar-refractivity contribution < 1.29 is 23.5 Å². The Kier molecular flexibility index (Phi) is 4.65. The highest BCUT2D eigenvalue weighted by molar-refractivity contribution is 6.00. The number of nitrogens with zero attached hydrogens (tertiary/aromatic N) is 3. The first kappa shape index (κ1) is 19.2. The van der Waals surface area contributed by atoms with Crippen LogP contribution >= 0.6 is 0 Å². The van der Waals surface area contributed by atoms with E-state index in [1.54, 1.807) is 4.57 Å². The van der Waals surface area contributed by atoms with Crippen LogP contribution in [-0.4, -0.2) is 61.4 Å². The number of halogens is 1. The molecule has 3 heterocycles. The first-order chi connectivity index (χ1) is 13.8. The molecule has 29 heavy (non-hydrogen) atoms. The van der Waals surface area contributed by atoms with Crippen LogP contribution < -0.4 is 20.8 Å². The number of rotatable bonds is 2. The molecule has 1 amide bonds. The summed E-state index contributed by atoms with van der Waals surface area (Å²) in [5, 5.41) is -0.0131. The van der Waals surface area contributed by atoms with E-state index < -0.39 is 23.3 Å². The van der Waals surface area contributed by atoms with Gasteiger partial charge < -0.3 is 29.6 Å². The average molecular weight is 404 g/mol. The van der Waals surface area contributed by atoms with Crippen LogP contribution in [0.15, 0.2) is 17.1 Å². The second-order valence-electron chi connectivity index (χ2n) is 7.37. The molecule has 1 atom stereocenters. The molecule has 2 aliphatic heterocycles. The third-order valence-corrected chi connectivity index (χ3v) is 5.37. The van der Waals surface area contributed by atoms with Crippen molar-refractivity contribution in [1.29, 1.82) is 0 Å². The second kappa shape index (κ2) is 7.03. The van der Waals surface area contributed by atoms with Crippen molar-refractivity contribution in [3.63, 3.8) is 0 Å². The molecule has 0 bridgehead atoms. The highest BCUT2D eigenvalue weighted by Crippen LogP contribution is 2.42. The molecule has 0 unspecified atom stereocenters.